The highest BCUT2D eigenvalue weighted by molar-refractivity contribution is 5.57. The summed E-state index contributed by atoms with van der Waals surface area (Å²) in [4.78, 5) is 13.0. The molecule has 31 heavy (non-hydrogen) atoms. The van der Waals surface area contributed by atoms with Crippen LogP contribution in [0.3, 0.4) is 0 Å². The van der Waals surface area contributed by atoms with Crippen molar-refractivity contribution in [3.63, 3.8) is 0 Å². The number of methoxy groups -OCH3 is 2. The van der Waals surface area contributed by atoms with Gasteiger partial charge in [-0.1, -0.05) is 12.1 Å². The van der Waals surface area contributed by atoms with E-state index < -0.39 is 5.56 Å². The Bertz CT molecular complexity index is 1190. The van der Waals surface area contributed by atoms with Crippen LogP contribution in [-0.2, 0) is 13.0 Å². The second kappa shape index (κ2) is 9.59. The summed E-state index contributed by atoms with van der Waals surface area (Å²) >= 11 is 0. The average molecular weight is 418 g/mol. The number of pyridine rings is 1. The molecule has 0 aliphatic rings. The monoisotopic (exact) mass is 418 g/mol. The van der Waals surface area contributed by atoms with Crippen molar-refractivity contribution in [1.29, 1.82) is 5.26 Å². The second-order valence-corrected chi connectivity index (χ2v) is 6.74. The third-order valence-electron chi connectivity index (χ3n) is 4.89. The molecule has 8 nitrogen and oxygen atoms in total. The minimum atomic E-state index is -0.514. The van der Waals surface area contributed by atoms with Gasteiger partial charge in [-0.15, -0.1) is 5.11 Å². The largest absolute Gasteiger partial charge is 0.497 e. The maximum Gasteiger partial charge on any atom is 0.281 e. The molecule has 0 atom stereocenters. The Hall–Kier alpha value is -4.12. The number of nitrogens with zero attached hydrogens (tertiary/aromatic N) is 4. The van der Waals surface area contributed by atoms with E-state index in [9.17, 15) is 15.2 Å². The van der Waals surface area contributed by atoms with Crippen LogP contribution in [0.4, 0.5) is 11.4 Å². The molecule has 1 heterocycles. The Labute approximate surface area is 179 Å². The molecule has 0 radical (unpaired) electrons. The van der Waals surface area contributed by atoms with Crippen LogP contribution in [0, 0.1) is 18.3 Å². The highest BCUT2D eigenvalue weighted by Gasteiger charge is 2.19. The van der Waals surface area contributed by atoms with Crippen LogP contribution in [0.15, 0.2) is 63.6 Å². The van der Waals surface area contributed by atoms with Gasteiger partial charge in [0, 0.05) is 12.1 Å². The van der Waals surface area contributed by atoms with Gasteiger partial charge < -0.3 is 14.6 Å². The van der Waals surface area contributed by atoms with Crippen molar-refractivity contribution in [3.8, 4) is 23.4 Å². The van der Waals surface area contributed by atoms with Crippen LogP contribution in [0.5, 0.6) is 17.4 Å². The Morgan fingerprint density at radius 2 is 1.58 bits per heavy atom. The van der Waals surface area contributed by atoms with Gasteiger partial charge in [0.25, 0.3) is 5.56 Å². The summed E-state index contributed by atoms with van der Waals surface area (Å²) in [5, 5.41) is 28.2. The predicted octanol–water partition coefficient (Wildman–Crippen LogP) is 4.41. The molecule has 3 aromatic rings. The molecule has 0 fully saturated rings. The highest BCUT2D eigenvalue weighted by Crippen LogP contribution is 2.27. The molecule has 1 aromatic heterocycles. The van der Waals surface area contributed by atoms with Crippen molar-refractivity contribution >= 4 is 11.4 Å². The van der Waals surface area contributed by atoms with E-state index in [1.54, 1.807) is 45.4 Å². The minimum absolute atomic E-state index is 0.00184. The van der Waals surface area contributed by atoms with E-state index in [1.807, 2.05) is 30.3 Å². The molecule has 0 saturated carbocycles. The lowest BCUT2D eigenvalue weighted by molar-refractivity contribution is 0.403. The molecule has 0 amide bonds. The van der Waals surface area contributed by atoms with Gasteiger partial charge in [-0.25, -0.2) is 0 Å². The number of rotatable bonds is 7. The lowest BCUT2D eigenvalue weighted by atomic mass is 10.1. The second-order valence-electron chi connectivity index (χ2n) is 6.74. The quantitative estimate of drug-likeness (QED) is 0.572. The van der Waals surface area contributed by atoms with Crippen molar-refractivity contribution in [1.82, 2.24) is 4.57 Å². The van der Waals surface area contributed by atoms with Gasteiger partial charge >= 0.3 is 0 Å². The normalized spacial score (nSPS) is 10.8. The van der Waals surface area contributed by atoms with Crippen LogP contribution in [0.25, 0.3) is 0 Å². The number of hydrogen-bond donors (Lipinski definition) is 1. The summed E-state index contributed by atoms with van der Waals surface area (Å²) in [6.07, 6.45) is 0.473. The summed E-state index contributed by atoms with van der Waals surface area (Å²) < 4.78 is 11.4. The third kappa shape index (κ3) is 4.73. The highest BCUT2D eigenvalue weighted by atomic mass is 16.5. The van der Waals surface area contributed by atoms with E-state index in [-0.39, 0.29) is 29.2 Å². The van der Waals surface area contributed by atoms with Crippen LogP contribution in [0.1, 0.15) is 16.7 Å². The molecule has 2 aromatic carbocycles. The van der Waals surface area contributed by atoms with Gasteiger partial charge in [0.2, 0.25) is 5.88 Å². The molecule has 0 aliphatic carbocycles. The molecule has 0 bridgehead atoms. The molecule has 3 rings (SSSR count). The first-order chi connectivity index (χ1) is 15.0. The number of azo groups is 1. The molecule has 8 heteroatoms. The van der Waals surface area contributed by atoms with Crippen LogP contribution in [-0.4, -0.2) is 23.9 Å². The van der Waals surface area contributed by atoms with Crippen molar-refractivity contribution in [3.05, 3.63) is 75.6 Å². The smallest absolute Gasteiger partial charge is 0.281 e. The number of hydrogen-bond acceptors (Lipinski definition) is 7. The molecular formula is C23H22N4O4. The topological polar surface area (TPSA) is 109 Å². The van der Waals surface area contributed by atoms with Gasteiger partial charge in [0.1, 0.15) is 23.1 Å². The van der Waals surface area contributed by atoms with E-state index in [2.05, 4.69) is 10.2 Å². The van der Waals surface area contributed by atoms with E-state index in [1.165, 1.54) is 0 Å². The maximum absolute atomic E-state index is 13.0. The molecule has 1 N–H and O–H groups in total. The Balaban J connectivity index is 1.94. The number of aryl methyl sites for hydroxylation is 1. The van der Waals surface area contributed by atoms with Crippen molar-refractivity contribution in [2.75, 3.05) is 14.2 Å². The molecule has 0 unspecified atom stereocenters. The fourth-order valence-corrected chi connectivity index (χ4v) is 3.05. The van der Waals surface area contributed by atoms with Crippen LogP contribution >= 0.6 is 0 Å². The van der Waals surface area contributed by atoms with Gasteiger partial charge in [-0.05, 0) is 55.3 Å². The van der Waals surface area contributed by atoms with Gasteiger partial charge in [-0.3, -0.25) is 9.36 Å². The molecule has 0 spiro atoms. The zero-order chi connectivity index (χ0) is 22.4. The predicted molar refractivity (Wildman–Crippen MR) is 116 cm³/mol. The Morgan fingerprint density at radius 1 is 1.00 bits per heavy atom. The molecular weight excluding hydrogens is 396 g/mol. The lowest BCUT2D eigenvalue weighted by Gasteiger charge is -2.13. The van der Waals surface area contributed by atoms with Gasteiger partial charge in [-0.2, -0.15) is 10.4 Å². The number of aromatic nitrogens is 1. The van der Waals surface area contributed by atoms with E-state index >= 15 is 0 Å². The first kappa shape index (κ1) is 21.6. The first-order valence-corrected chi connectivity index (χ1v) is 9.53. The van der Waals surface area contributed by atoms with E-state index in [0.29, 0.717) is 17.9 Å². The van der Waals surface area contributed by atoms with Crippen molar-refractivity contribution in [2.45, 2.75) is 19.9 Å². The standard InChI is InChI=1S/C23H22N4O4/c1-15-20(14-24)22(28)27(13-12-16-4-8-18(30-2)9-5-16)23(29)21(15)26-25-17-6-10-19(31-3)11-7-17/h4-11,28H,12-13H2,1-3H3. The third-order valence-corrected chi connectivity index (χ3v) is 4.89. The Morgan fingerprint density at radius 3 is 2.13 bits per heavy atom. The summed E-state index contributed by atoms with van der Waals surface area (Å²) in [6.45, 7) is 1.74. The van der Waals surface area contributed by atoms with Crippen LogP contribution < -0.4 is 15.0 Å². The minimum Gasteiger partial charge on any atom is -0.497 e. The summed E-state index contributed by atoms with van der Waals surface area (Å²) in [5.74, 6) is 1.03. The van der Waals surface area contributed by atoms with Crippen LogP contribution in [0.2, 0.25) is 0 Å². The number of benzene rings is 2. The molecule has 0 aliphatic heterocycles. The Kier molecular flexibility index (Phi) is 6.67. The van der Waals surface area contributed by atoms with E-state index in [4.69, 9.17) is 9.47 Å². The number of aromatic hydroxyl groups is 1. The lowest BCUT2D eigenvalue weighted by Crippen LogP contribution is -2.22. The number of nitriles is 1. The first-order valence-electron chi connectivity index (χ1n) is 9.53. The zero-order valence-corrected chi connectivity index (χ0v) is 17.5. The molecule has 0 saturated heterocycles. The fraction of sp³-hybridized carbons (Fsp3) is 0.217. The summed E-state index contributed by atoms with van der Waals surface area (Å²) in [5.41, 5.74) is 1.25. The average Bonchev–Trinajstić information content (AvgIpc) is 2.80. The van der Waals surface area contributed by atoms with Gasteiger partial charge in [0.15, 0.2) is 5.69 Å². The van der Waals surface area contributed by atoms with Crippen molar-refractivity contribution in [2.24, 2.45) is 10.2 Å². The summed E-state index contributed by atoms with van der Waals surface area (Å²) in [6, 6.07) is 16.2. The number of ether oxygens (including phenoxy) is 2. The zero-order valence-electron chi connectivity index (χ0n) is 17.5. The summed E-state index contributed by atoms with van der Waals surface area (Å²) in [7, 11) is 3.15. The van der Waals surface area contributed by atoms with Crippen molar-refractivity contribution < 1.29 is 14.6 Å². The van der Waals surface area contributed by atoms with Gasteiger partial charge in [0.05, 0.1) is 19.9 Å². The fourth-order valence-electron chi connectivity index (χ4n) is 3.05. The maximum atomic E-state index is 13.0. The molecule has 158 valence electrons. The SMILES string of the molecule is COc1ccc(CCn2c(O)c(C#N)c(C)c(N=Nc3ccc(OC)cc3)c2=O)cc1. The van der Waals surface area contributed by atoms with E-state index in [0.717, 1.165) is 15.9 Å².